The molecule has 40 heavy (non-hydrogen) atoms. The van der Waals surface area contributed by atoms with E-state index in [2.05, 4.69) is 30.7 Å². The molecule has 3 aromatic carbocycles. The van der Waals surface area contributed by atoms with Gasteiger partial charge in [0.05, 0.1) is 18.2 Å². The molecular weight excluding hydrogens is 514 g/mol. The van der Waals surface area contributed by atoms with Crippen LogP contribution in [0.2, 0.25) is 0 Å². The predicted octanol–water partition coefficient (Wildman–Crippen LogP) is 5.57. The van der Waals surface area contributed by atoms with Gasteiger partial charge in [-0.1, -0.05) is 24.3 Å². The van der Waals surface area contributed by atoms with Crippen LogP contribution in [0.3, 0.4) is 0 Å². The Morgan fingerprint density at radius 2 is 1.77 bits per heavy atom. The zero-order valence-electron chi connectivity index (χ0n) is 21.1. The number of aromatic amines is 3. The van der Waals surface area contributed by atoms with E-state index in [-0.39, 0.29) is 24.5 Å². The van der Waals surface area contributed by atoms with Crippen molar-refractivity contribution in [3.05, 3.63) is 114 Å². The first-order valence-electron chi connectivity index (χ1n) is 12.6. The minimum Gasteiger partial charge on any atom is -0.508 e. The summed E-state index contributed by atoms with van der Waals surface area (Å²) in [5, 5.41) is 23.4. The second-order valence-corrected chi connectivity index (χ2v) is 9.54. The molecule has 0 saturated heterocycles. The van der Waals surface area contributed by atoms with Crippen molar-refractivity contribution in [2.75, 3.05) is 0 Å². The maximum Gasteiger partial charge on any atom is 0.225 e. The second kappa shape index (κ2) is 10.5. The summed E-state index contributed by atoms with van der Waals surface area (Å²) in [5.74, 6) is -0.920. The fraction of sp³-hybridized carbons (Fsp3) is 0.100. The molecule has 3 aromatic heterocycles. The molecule has 0 fully saturated rings. The molecule has 0 radical (unpaired) electrons. The van der Waals surface area contributed by atoms with E-state index in [1.165, 1.54) is 12.1 Å². The highest BCUT2D eigenvalue weighted by Crippen LogP contribution is 2.31. The molecule has 1 atom stereocenters. The molecule has 0 saturated carbocycles. The Morgan fingerprint density at radius 1 is 0.975 bits per heavy atom. The maximum absolute atomic E-state index is 14.1. The number of aromatic hydroxyl groups is 1. The third kappa shape index (κ3) is 5.19. The number of amides is 1. The lowest BCUT2D eigenvalue weighted by Gasteiger charge is -2.22. The van der Waals surface area contributed by atoms with Crippen molar-refractivity contribution in [1.82, 2.24) is 30.7 Å². The van der Waals surface area contributed by atoms with Gasteiger partial charge in [0, 0.05) is 40.5 Å². The molecule has 10 heteroatoms. The third-order valence-electron chi connectivity index (χ3n) is 6.76. The standard InChI is InChI=1S/C30H24F2N6O2/c31-21-9-17(10-22(32)14-21)11-27(35-28(40)13-20-16-34-26-7-6-23(39)15-25(20)26)29-24(5-2-8-33-29)18-3-1-4-19(12-18)30-36-38-37-30/h1-10,12,14-16,27,34,38-39H,11,13H2,(H,35,40)(H,36,37)/t27-/m0/s1. The van der Waals surface area contributed by atoms with Gasteiger partial charge in [0.2, 0.25) is 5.91 Å². The van der Waals surface area contributed by atoms with E-state index in [9.17, 15) is 18.7 Å². The highest BCUT2D eigenvalue weighted by molar-refractivity contribution is 5.90. The van der Waals surface area contributed by atoms with Crippen molar-refractivity contribution in [3.63, 3.8) is 0 Å². The molecule has 0 bridgehead atoms. The largest absolute Gasteiger partial charge is 0.508 e. The summed E-state index contributed by atoms with van der Waals surface area (Å²) in [4.78, 5) is 21.1. The van der Waals surface area contributed by atoms with E-state index < -0.39 is 17.7 Å². The number of benzene rings is 3. The first kappa shape index (κ1) is 25.1. The van der Waals surface area contributed by atoms with Gasteiger partial charge in [-0.15, -0.1) is 5.10 Å². The van der Waals surface area contributed by atoms with Crippen LogP contribution in [0, 0.1) is 11.6 Å². The molecule has 0 aliphatic heterocycles. The molecule has 200 valence electrons. The number of carbonyl (C=O) groups is 1. The molecule has 0 aliphatic rings. The number of phenolic OH excluding ortho intramolecular Hbond substituents is 1. The van der Waals surface area contributed by atoms with Gasteiger partial charge in [0.15, 0.2) is 5.82 Å². The Bertz CT molecular complexity index is 1790. The van der Waals surface area contributed by atoms with Gasteiger partial charge in [-0.05, 0) is 65.6 Å². The summed E-state index contributed by atoms with van der Waals surface area (Å²) in [5.41, 5.74) is 4.89. The number of H-pyrrole nitrogens is 3. The van der Waals surface area contributed by atoms with Crippen LogP contribution in [0.4, 0.5) is 8.78 Å². The quantitative estimate of drug-likeness (QED) is 0.174. The van der Waals surface area contributed by atoms with E-state index >= 15 is 0 Å². The normalized spacial score (nSPS) is 12.1. The number of nitrogens with zero attached hydrogens (tertiary/aromatic N) is 2. The van der Waals surface area contributed by atoms with E-state index in [0.717, 1.165) is 33.7 Å². The van der Waals surface area contributed by atoms with Crippen molar-refractivity contribution < 1.29 is 18.7 Å². The lowest BCUT2D eigenvalue weighted by molar-refractivity contribution is -0.121. The summed E-state index contributed by atoms with van der Waals surface area (Å²) < 4.78 is 28.2. The maximum atomic E-state index is 14.1. The first-order chi connectivity index (χ1) is 19.4. The monoisotopic (exact) mass is 538 g/mol. The van der Waals surface area contributed by atoms with Gasteiger partial charge in [0.1, 0.15) is 17.4 Å². The van der Waals surface area contributed by atoms with E-state index in [4.69, 9.17) is 0 Å². The minimum absolute atomic E-state index is 0.0214. The first-order valence-corrected chi connectivity index (χ1v) is 12.6. The number of pyridine rings is 1. The Kier molecular flexibility index (Phi) is 6.57. The average Bonchev–Trinajstić information content (AvgIpc) is 3.28. The molecule has 6 aromatic rings. The van der Waals surface area contributed by atoms with Crippen molar-refractivity contribution in [1.29, 1.82) is 0 Å². The molecule has 6 rings (SSSR count). The summed E-state index contributed by atoms with van der Waals surface area (Å²) in [6.07, 6.45) is 3.48. The second-order valence-electron chi connectivity index (χ2n) is 9.54. The van der Waals surface area contributed by atoms with E-state index in [1.54, 1.807) is 36.7 Å². The molecule has 1 amide bonds. The SMILES string of the molecule is O=C(Cc1c[nH]c2ccc(O)cc12)N[C@@H](Cc1cc(F)cc(F)c1)c1ncccc1-c1cccc(-c2n[nH][nH]2)c1. The van der Waals surface area contributed by atoms with Gasteiger partial charge >= 0.3 is 0 Å². The van der Waals surface area contributed by atoms with Crippen LogP contribution in [0.5, 0.6) is 5.75 Å². The van der Waals surface area contributed by atoms with Gasteiger partial charge in [-0.25, -0.2) is 14.0 Å². The predicted molar refractivity (Wildman–Crippen MR) is 146 cm³/mol. The summed E-state index contributed by atoms with van der Waals surface area (Å²) in [6.45, 7) is 0. The summed E-state index contributed by atoms with van der Waals surface area (Å²) in [7, 11) is 0. The molecule has 0 aliphatic carbocycles. The Morgan fingerprint density at radius 3 is 2.55 bits per heavy atom. The van der Waals surface area contributed by atoms with Gasteiger partial charge in [0.25, 0.3) is 0 Å². The lowest BCUT2D eigenvalue weighted by atomic mass is 9.94. The Labute approximate surface area is 227 Å². The van der Waals surface area contributed by atoms with Crippen molar-refractivity contribution >= 4 is 16.8 Å². The van der Waals surface area contributed by atoms with Crippen LogP contribution in [-0.4, -0.2) is 36.4 Å². The van der Waals surface area contributed by atoms with Gasteiger partial charge < -0.3 is 15.4 Å². The number of fused-ring (bicyclic) bond motifs is 1. The van der Waals surface area contributed by atoms with Crippen LogP contribution in [0.25, 0.3) is 33.4 Å². The molecule has 0 unspecified atom stereocenters. The molecular formula is C30H24F2N6O2. The number of hydrogen-bond donors (Lipinski definition) is 5. The molecule has 5 N–H and O–H groups in total. The van der Waals surface area contributed by atoms with Crippen molar-refractivity contribution in [2.45, 2.75) is 18.9 Å². The fourth-order valence-corrected chi connectivity index (χ4v) is 4.93. The Balaban J connectivity index is 1.36. The Hall–Kier alpha value is -5.25. The highest BCUT2D eigenvalue weighted by Gasteiger charge is 2.22. The van der Waals surface area contributed by atoms with Gasteiger partial charge in [-0.3, -0.25) is 14.9 Å². The van der Waals surface area contributed by atoms with Gasteiger partial charge in [-0.2, -0.15) is 0 Å². The molecule has 0 spiro atoms. The number of phenols is 1. The zero-order valence-corrected chi connectivity index (χ0v) is 21.1. The number of hydrogen-bond acceptors (Lipinski definition) is 4. The highest BCUT2D eigenvalue weighted by atomic mass is 19.1. The van der Waals surface area contributed by atoms with Crippen molar-refractivity contribution in [2.24, 2.45) is 0 Å². The number of halogens is 2. The van der Waals surface area contributed by atoms with Crippen LogP contribution >= 0.6 is 0 Å². The van der Waals surface area contributed by atoms with E-state index in [0.29, 0.717) is 22.6 Å². The van der Waals surface area contributed by atoms with E-state index in [1.807, 2.05) is 30.3 Å². The van der Waals surface area contributed by atoms with Crippen molar-refractivity contribution in [3.8, 4) is 28.3 Å². The van der Waals surface area contributed by atoms with Crippen LogP contribution in [-0.2, 0) is 17.6 Å². The number of carbonyl (C=O) groups excluding carboxylic acids is 1. The molecule has 3 heterocycles. The average molecular weight is 539 g/mol. The lowest BCUT2D eigenvalue weighted by Crippen LogP contribution is -2.32. The summed E-state index contributed by atoms with van der Waals surface area (Å²) in [6, 6.07) is 18.9. The fourth-order valence-electron chi connectivity index (χ4n) is 4.93. The van der Waals surface area contributed by atoms with Crippen LogP contribution in [0.1, 0.15) is 22.9 Å². The smallest absolute Gasteiger partial charge is 0.225 e. The topological polar surface area (TPSA) is 122 Å². The summed E-state index contributed by atoms with van der Waals surface area (Å²) >= 11 is 0. The van der Waals surface area contributed by atoms with Crippen LogP contribution in [0.15, 0.2) is 85.2 Å². The number of nitrogens with one attached hydrogen (secondary N) is 4. The third-order valence-corrected chi connectivity index (χ3v) is 6.76. The van der Waals surface area contributed by atoms with Crippen LogP contribution < -0.4 is 5.32 Å². The zero-order chi connectivity index (χ0) is 27.6. The number of aromatic nitrogens is 5. The minimum atomic E-state index is -0.701. The molecule has 8 nitrogen and oxygen atoms in total. The number of rotatable bonds is 8.